The van der Waals surface area contributed by atoms with E-state index in [-0.39, 0.29) is 0 Å². The zero-order valence-electron chi connectivity index (χ0n) is 11.8. The molecule has 2 N–H and O–H groups in total. The van der Waals surface area contributed by atoms with E-state index in [2.05, 4.69) is 0 Å². The fraction of sp³-hybridized carbons (Fsp3) is 0.625. The molecule has 1 unspecified atom stereocenters. The number of hydrogen-bond donors (Lipinski definition) is 2. The molecule has 1 rings (SSSR count). The smallest absolute Gasteiger partial charge is 0.0868 e. The van der Waals surface area contributed by atoms with E-state index in [1.54, 1.807) is 0 Å². The minimum absolute atomic E-state index is 0.568. The molecule has 0 spiro atoms. The summed E-state index contributed by atoms with van der Waals surface area (Å²) in [6.07, 6.45) is 4.63. The Morgan fingerprint density at radius 2 is 1.39 bits per heavy atom. The minimum Gasteiger partial charge on any atom is -0.390 e. The van der Waals surface area contributed by atoms with Crippen LogP contribution in [0.1, 0.15) is 58.4 Å². The first-order chi connectivity index (χ1) is 8.31. The highest BCUT2D eigenvalue weighted by atomic mass is 16.3. The zero-order valence-corrected chi connectivity index (χ0v) is 11.8. The van der Waals surface area contributed by atoms with Crippen molar-refractivity contribution in [2.75, 3.05) is 0 Å². The van der Waals surface area contributed by atoms with Crippen LogP contribution in [-0.4, -0.2) is 15.8 Å². The van der Waals surface area contributed by atoms with Gasteiger partial charge < -0.3 is 10.2 Å². The maximum Gasteiger partial charge on any atom is 0.0868 e. The van der Waals surface area contributed by atoms with Gasteiger partial charge in [-0.2, -0.15) is 0 Å². The molecule has 0 fully saturated rings. The van der Waals surface area contributed by atoms with E-state index < -0.39 is 11.2 Å². The summed E-state index contributed by atoms with van der Waals surface area (Å²) in [6, 6.07) is 9.81. The van der Waals surface area contributed by atoms with Crippen LogP contribution in [-0.2, 0) is 5.60 Å². The summed E-state index contributed by atoms with van der Waals surface area (Å²) in [7, 11) is 0. The van der Waals surface area contributed by atoms with Gasteiger partial charge in [0.1, 0.15) is 0 Å². The Labute approximate surface area is 111 Å². The van der Waals surface area contributed by atoms with Gasteiger partial charge in [0.2, 0.25) is 0 Å². The van der Waals surface area contributed by atoms with Crippen LogP contribution >= 0.6 is 0 Å². The Morgan fingerprint density at radius 3 is 1.94 bits per heavy atom. The first-order valence-corrected chi connectivity index (χ1v) is 6.82. The van der Waals surface area contributed by atoms with Crippen LogP contribution in [0.5, 0.6) is 0 Å². The monoisotopic (exact) mass is 250 g/mol. The average molecular weight is 250 g/mol. The molecule has 0 amide bonds. The summed E-state index contributed by atoms with van der Waals surface area (Å²) in [5.74, 6) is 0. The molecule has 1 atom stereocenters. The molecule has 0 aliphatic rings. The molecule has 0 aliphatic carbocycles. The summed E-state index contributed by atoms with van der Waals surface area (Å²) in [6.45, 7) is 5.55. The predicted octanol–water partition coefficient (Wildman–Crippen LogP) is 3.62. The highest BCUT2D eigenvalue weighted by molar-refractivity contribution is 5.21. The van der Waals surface area contributed by atoms with E-state index in [1.165, 1.54) is 0 Å². The summed E-state index contributed by atoms with van der Waals surface area (Å²) in [4.78, 5) is 0. The lowest BCUT2D eigenvalue weighted by atomic mass is 9.89. The van der Waals surface area contributed by atoms with Gasteiger partial charge >= 0.3 is 0 Å². The van der Waals surface area contributed by atoms with Crippen molar-refractivity contribution in [1.82, 2.24) is 0 Å². The van der Waals surface area contributed by atoms with Gasteiger partial charge in [-0.15, -0.1) is 0 Å². The van der Waals surface area contributed by atoms with Crippen LogP contribution < -0.4 is 0 Å². The summed E-state index contributed by atoms with van der Waals surface area (Å²) in [5, 5.41) is 20.0. The van der Waals surface area contributed by atoms with Crippen LogP contribution in [0, 0.1) is 0 Å². The zero-order chi connectivity index (χ0) is 13.6. The second-order valence-electron chi connectivity index (χ2n) is 6.01. The molecular formula is C16H26O2. The molecule has 18 heavy (non-hydrogen) atoms. The number of unbranched alkanes of at least 4 members (excludes halogenated alkanes) is 2. The van der Waals surface area contributed by atoms with Crippen LogP contribution in [0.3, 0.4) is 0 Å². The lowest BCUT2D eigenvalue weighted by Gasteiger charge is -2.24. The van der Waals surface area contributed by atoms with E-state index >= 15 is 0 Å². The number of aliphatic hydroxyl groups is 2. The van der Waals surface area contributed by atoms with E-state index in [9.17, 15) is 10.2 Å². The molecule has 0 heterocycles. The van der Waals surface area contributed by atoms with Gasteiger partial charge in [0.25, 0.3) is 0 Å². The highest BCUT2D eigenvalue weighted by Gasteiger charge is 2.22. The van der Waals surface area contributed by atoms with E-state index in [0.717, 1.165) is 37.7 Å². The molecule has 0 aliphatic heterocycles. The molecule has 102 valence electrons. The maximum absolute atomic E-state index is 10.4. The molecular weight excluding hydrogens is 224 g/mol. The Kier molecular flexibility index (Phi) is 5.36. The van der Waals surface area contributed by atoms with E-state index in [0.29, 0.717) is 0 Å². The van der Waals surface area contributed by atoms with Crippen LogP contribution in [0.4, 0.5) is 0 Å². The van der Waals surface area contributed by atoms with Crippen molar-refractivity contribution >= 4 is 0 Å². The van der Waals surface area contributed by atoms with Crippen molar-refractivity contribution in [2.45, 2.75) is 64.1 Å². The topological polar surface area (TPSA) is 40.5 Å². The van der Waals surface area contributed by atoms with E-state index in [1.807, 2.05) is 51.1 Å². The quantitative estimate of drug-likeness (QED) is 0.726. The Balaban J connectivity index is 2.30. The first-order valence-electron chi connectivity index (χ1n) is 6.82. The van der Waals surface area contributed by atoms with Gasteiger partial charge in [-0.3, -0.25) is 0 Å². The van der Waals surface area contributed by atoms with Crippen molar-refractivity contribution in [3.05, 3.63) is 35.9 Å². The molecule has 2 heteroatoms. The Hall–Kier alpha value is -0.860. The average Bonchev–Trinajstić information content (AvgIpc) is 2.28. The number of hydrogen-bond acceptors (Lipinski definition) is 2. The van der Waals surface area contributed by atoms with Gasteiger partial charge in [0.05, 0.1) is 11.2 Å². The molecule has 0 saturated carbocycles. The van der Waals surface area contributed by atoms with Gasteiger partial charge in [0.15, 0.2) is 0 Å². The summed E-state index contributed by atoms with van der Waals surface area (Å²) >= 11 is 0. The predicted molar refractivity (Wildman–Crippen MR) is 75.4 cm³/mol. The van der Waals surface area contributed by atoms with Crippen LogP contribution in [0.2, 0.25) is 0 Å². The van der Waals surface area contributed by atoms with Gasteiger partial charge in [-0.25, -0.2) is 0 Å². The normalized spacial score (nSPS) is 15.4. The molecule has 0 radical (unpaired) electrons. The number of benzene rings is 1. The second-order valence-corrected chi connectivity index (χ2v) is 6.01. The minimum atomic E-state index is -0.740. The first kappa shape index (κ1) is 15.2. The third-order valence-electron chi connectivity index (χ3n) is 3.35. The molecule has 0 saturated heterocycles. The number of rotatable bonds is 7. The van der Waals surface area contributed by atoms with Gasteiger partial charge in [0, 0.05) is 0 Å². The lowest BCUT2D eigenvalue weighted by Crippen LogP contribution is -2.21. The lowest BCUT2D eigenvalue weighted by molar-refractivity contribution is 0.0428. The summed E-state index contributed by atoms with van der Waals surface area (Å²) < 4.78 is 0. The van der Waals surface area contributed by atoms with Crippen LogP contribution in [0.15, 0.2) is 30.3 Å². The molecule has 1 aromatic rings. The summed E-state index contributed by atoms with van der Waals surface area (Å²) in [5.41, 5.74) is -0.328. The third-order valence-corrected chi connectivity index (χ3v) is 3.35. The van der Waals surface area contributed by atoms with Gasteiger partial charge in [-0.1, -0.05) is 49.6 Å². The van der Waals surface area contributed by atoms with Gasteiger partial charge in [-0.05, 0) is 39.2 Å². The Bertz CT molecular complexity index is 336. The largest absolute Gasteiger partial charge is 0.390 e. The fourth-order valence-corrected chi connectivity index (χ4v) is 2.15. The maximum atomic E-state index is 10.4. The van der Waals surface area contributed by atoms with E-state index in [4.69, 9.17) is 0 Å². The fourth-order valence-electron chi connectivity index (χ4n) is 2.15. The molecule has 0 bridgehead atoms. The van der Waals surface area contributed by atoms with Crippen molar-refractivity contribution < 1.29 is 10.2 Å². The van der Waals surface area contributed by atoms with Crippen molar-refractivity contribution in [1.29, 1.82) is 0 Å². The standard InChI is InChI=1S/C16H26O2/c1-15(2,17)12-8-5-9-13-16(3,18)14-10-6-4-7-11-14/h4,6-7,10-11,17-18H,5,8-9,12-13H2,1-3H3. The van der Waals surface area contributed by atoms with Crippen LogP contribution in [0.25, 0.3) is 0 Å². The van der Waals surface area contributed by atoms with Crippen molar-refractivity contribution in [2.24, 2.45) is 0 Å². The SMILES string of the molecule is CC(C)(O)CCCCCC(C)(O)c1ccccc1. The molecule has 1 aromatic carbocycles. The molecule has 0 aromatic heterocycles. The van der Waals surface area contributed by atoms with Crippen molar-refractivity contribution in [3.63, 3.8) is 0 Å². The Morgan fingerprint density at radius 1 is 0.833 bits per heavy atom. The van der Waals surface area contributed by atoms with Crippen molar-refractivity contribution in [3.8, 4) is 0 Å². The third kappa shape index (κ3) is 5.65. The second kappa shape index (κ2) is 6.35. The highest BCUT2D eigenvalue weighted by Crippen LogP contribution is 2.27. The molecule has 2 nitrogen and oxygen atoms in total.